The van der Waals surface area contributed by atoms with Crippen molar-refractivity contribution in [1.82, 2.24) is 4.31 Å². The van der Waals surface area contributed by atoms with Crippen molar-refractivity contribution < 1.29 is 40.3 Å². The minimum atomic E-state index is -4.40. The number of carbonyl (C=O) groups excluding carboxylic acids is 1. The molecule has 0 N–H and O–H groups in total. The van der Waals surface area contributed by atoms with E-state index in [0.717, 1.165) is 4.31 Å². The predicted octanol–water partition coefficient (Wildman–Crippen LogP) is 2.97. The second-order valence-electron chi connectivity index (χ2n) is 5.89. The Hall–Kier alpha value is -2.37. The molecule has 0 aliphatic heterocycles. The summed E-state index contributed by atoms with van der Waals surface area (Å²) in [7, 11) is -1.01. The van der Waals surface area contributed by atoms with Crippen LogP contribution in [0.4, 0.5) is 13.2 Å². The van der Waals surface area contributed by atoms with E-state index in [2.05, 4.69) is 4.74 Å². The molecular weight excluding hydrogens is 403 g/mol. The molecule has 154 valence electrons. The van der Waals surface area contributed by atoms with Crippen molar-refractivity contribution >= 4 is 16.0 Å². The number of furan rings is 1. The van der Waals surface area contributed by atoms with E-state index in [-0.39, 0.29) is 29.6 Å². The topological polar surface area (TPSA) is 86.0 Å². The first kappa shape index (κ1) is 21.9. The molecule has 0 atom stereocenters. The van der Waals surface area contributed by atoms with Gasteiger partial charge in [-0.05, 0) is 29.8 Å². The second-order valence-corrected chi connectivity index (χ2v) is 7.97. The third-order valence-electron chi connectivity index (χ3n) is 3.44. The first-order valence-electron chi connectivity index (χ1n) is 7.91. The summed E-state index contributed by atoms with van der Waals surface area (Å²) in [5.41, 5.74) is 0.637. The van der Waals surface area contributed by atoms with Crippen molar-refractivity contribution in [3.63, 3.8) is 0 Å². The van der Waals surface area contributed by atoms with Gasteiger partial charge < -0.3 is 13.9 Å². The van der Waals surface area contributed by atoms with E-state index in [1.54, 1.807) is 0 Å². The van der Waals surface area contributed by atoms with E-state index in [0.29, 0.717) is 5.56 Å². The molecule has 0 bridgehead atoms. The van der Waals surface area contributed by atoms with E-state index in [9.17, 15) is 26.4 Å². The number of ether oxygens (including phenoxy) is 2. The summed E-state index contributed by atoms with van der Waals surface area (Å²) in [5.74, 6) is -0.554. The predicted molar refractivity (Wildman–Crippen MR) is 90.9 cm³/mol. The highest BCUT2D eigenvalue weighted by Crippen LogP contribution is 2.18. The Morgan fingerprint density at radius 2 is 1.71 bits per heavy atom. The van der Waals surface area contributed by atoms with Gasteiger partial charge in [0.2, 0.25) is 5.09 Å². The molecule has 0 radical (unpaired) electrons. The van der Waals surface area contributed by atoms with Gasteiger partial charge in [-0.1, -0.05) is 12.1 Å². The van der Waals surface area contributed by atoms with E-state index in [1.807, 2.05) is 0 Å². The quantitative estimate of drug-likeness (QED) is 0.609. The number of halogens is 3. The van der Waals surface area contributed by atoms with Crippen LogP contribution >= 0.6 is 0 Å². The fourth-order valence-corrected chi connectivity index (χ4v) is 2.81. The van der Waals surface area contributed by atoms with E-state index >= 15 is 0 Å². The highest BCUT2D eigenvalue weighted by atomic mass is 32.2. The van der Waals surface area contributed by atoms with Gasteiger partial charge in [-0.2, -0.15) is 13.2 Å². The van der Waals surface area contributed by atoms with Crippen molar-refractivity contribution in [2.24, 2.45) is 0 Å². The van der Waals surface area contributed by atoms with Crippen LogP contribution in [0.2, 0.25) is 0 Å². The number of hydrogen-bond acceptors (Lipinski definition) is 6. The molecule has 0 fully saturated rings. The Bertz CT molecular complexity index is 904. The van der Waals surface area contributed by atoms with Gasteiger partial charge >= 0.3 is 12.1 Å². The Balaban J connectivity index is 1.89. The van der Waals surface area contributed by atoms with E-state index < -0.39 is 28.8 Å². The van der Waals surface area contributed by atoms with E-state index in [4.69, 9.17) is 9.15 Å². The van der Waals surface area contributed by atoms with Crippen LogP contribution in [0.1, 0.15) is 21.7 Å². The van der Waals surface area contributed by atoms with Gasteiger partial charge in [0.05, 0.1) is 12.2 Å². The molecule has 2 aromatic rings. The zero-order valence-corrected chi connectivity index (χ0v) is 15.8. The normalized spacial score (nSPS) is 12.4. The van der Waals surface area contributed by atoms with Crippen LogP contribution in [0.3, 0.4) is 0 Å². The van der Waals surface area contributed by atoms with Crippen LogP contribution < -0.4 is 0 Å². The summed E-state index contributed by atoms with van der Waals surface area (Å²) in [4.78, 5) is 12.0. The van der Waals surface area contributed by atoms with Gasteiger partial charge in [-0.3, -0.25) is 0 Å². The third kappa shape index (κ3) is 6.08. The lowest BCUT2D eigenvalue weighted by Gasteiger charge is -2.08. The SMILES string of the molecule is CN(C)S(=O)(=O)c1ccc(COC(=O)c2ccc(COCC(F)(F)F)cc2)o1. The minimum absolute atomic E-state index is 0.144. The number of esters is 1. The molecule has 7 nitrogen and oxygen atoms in total. The van der Waals surface area contributed by atoms with Gasteiger partial charge in [0.25, 0.3) is 10.0 Å². The first-order valence-corrected chi connectivity index (χ1v) is 9.35. The van der Waals surface area contributed by atoms with Crippen LogP contribution in [0.15, 0.2) is 45.9 Å². The lowest BCUT2D eigenvalue weighted by Crippen LogP contribution is -2.21. The Morgan fingerprint density at radius 1 is 1.07 bits per heavy atom. The summed E-state index contributed by atoms with van der Waals surface area (Å²) in [5, 5.41) is -0.272. The van der Waals surface area contributed by atoms with Gasteiger partial charge in [-0.15, -0.1) is 0 Å². The molecule has 1 heterocycles. The van der Waals surface area contributed by atoms with Gasteiger partial charge in [0.15, 0.2) is 0 Å². The van der Waals surface area contributed by atoms with Crippen molar-refractivity contribution in [3.8, 4) is 0 Å². The van der Waals surface area contributed by atoms with Crippen molar-refractivity contribution in [3.05, 3.63) is 53.3 Å². The number of nitrogens with zero attached hydrogens (tertiary/aromatic N) is 1. The summed E-state index contributed by atoms with van der Waals surface area (Å²) in [6, 6.07) is 8.31. The largest absolute Gasteiger partial charge is 0.454 e. The van der Waals surface area contributed by atoms with Crippen LogP contribution in [-0.4, -0.2) is 45.6 Å². The molecule has 1 aromatic carbocycles. The maximum absolute atomic E-state index is 12.0. The van der Waals surface area contributed by atoms with Crippen LogP contribution in [0, 0.1) is 0 Å². The molecule has 2 rings (SSSR count). The monoisotopic (exact) mass is 421 g/mol. The zero-order valence-electron chi connectivity index (χ0n) is 15.0. The molecule has 1 aromatic heterocycles. The fourth-order valence-electron chi connectivity index (χ4n) is 2.00. The molecule has 0 saturated carbocycles. The molecule has 0 amide bonds. The van der Waals surface area contributed by atoms with Crippen molar-refractivity contribution in [1.29, 1.82) is 0 Å². The number of rotatable bonds is 8. The van der Waals surface area contributed by atoms with Crippen LogP contribution in [0.5, 0.6) is 0 Å². The molecule has 0 unspecified atom stereocenters. The molecule has 0 aliphatic carbocycles. The Kier molecular flexibility index (Phi) is 6.86. The highest BCUT2D eigenvalue weighted by Gasteiger charge is 2.27. The lowest BCUT2D eigenvalue weighted by molar-refractivity contribution is -0.176. The van der Waals surface area contributed by atoms with Crippen LogP contribution in [-0.2, 0) is 32.7 Å². The molecule has 11 heteroatoms. The van der Waals surface area contributed by atoms with Crippen molar-refractivity contribution in [2.75, 3.05) is 20.7 Å². The lowest BCUT2D eigenvalue weighted by atomic mass is 10.1. The summed E-state index contributed by atoms with van der Waals surface area (Å²) < 4.78 is 75.7. The number of benzene rings is 1. The van der Waals surface area contributed by atoms with Gasteiger partial charge in [0.1, 0.15) is 19.0 Å². The first-order chi connectivity index (χ1) is 13.0. The summed E-state index contributed by atoms with van der Waals surface area (Å²) in [6.45, 7) is -1.88. The molecular formula is C17H18F3NO6S. The van der Waals surface area contributed by atoms with Crippen molar-refractivity contribution in [2.45, 2.75) is 24.5 Å². The number of alkyl halides is 3. The number of sulfonamides is 1. The van der Waals surface area contributed by atoms with Gasteiger partial charge in [0, 0.05) is 14.1 Å². The average Bonchev–Trinajstić information content (AvgIpc) is 3.09. The third-order valence-corrected chi connectivity index (χ3v) is 5.13. The standard InChI is InChI=1S/C17H18F3NO6S/c1-21(2)28(23,24)15-8-7-14(27-15)10-26-16(22)13-5-3-12(4-6-13)9-25-11-17(18,19)20/h3-8H,9-11H2,1-2H3. The maximum atomic E-state index is 12.0. The fraction of sp³-hybridized carbons (Fsp3) is 0.353. The smallest absolute Gasteiger partial charge is 0.411 e. The summed E-state index contributed by atoms with van der Waals surface area (Å²) in [6.07, 6.45) is -4.40. The molecule has 0 saturated heterocycles. The maximum Gasteiger partial charge on any atom is 0.411 e. The molecule has 0 aliphatic rings. The second kappa shape index (κ2) is 8.76. The highest BCUT2D eigenvalue weighted by molar-refractivity contribution is 7.88. The number of carbonyl (C=O) groups is 1. The van der Waals surface area contributed by atoms with Crippen LogP contribution in [0.25, 0.3) is 0 Å². The Labute approximate surface area is 159 Å². The zero-order chi connectivity index (χ0) is 20.9. The molecule has 28 heavy (non-hydrogen) atoms. The summed E-state index contributed by atoms with van der Waals surface area (Å²) >= 11 is 0. The molecule has 0 spiro atoms. The number of hydrogen-bond donors (Lipinski definition) is 0. The minimum Gasteiger partial charge on any atom is -0.454 e. The Morgan fingerprint density at radius 3 is 2.29 bits per heavy atom. The van der Waals surface area contributed by atoms with Gasteiger partial charge in [-0.25, -0.2) is 17.5 Å². The average molecular weight is 421 g/mol. The van der Waals surface area contributed by atoms with E-state index in [1.165, 1.54) is 50.5 Å².